The summed E-state index contributed by atoms with van der Waals surface area (Å²) in [5, 5.41) is 6.04. The van der Waals surface area contributed by atoms with Gasteiger partial charge in [-0.1, -0.05) is 13.8 Å². The lowest BCUT2D eigenvalue weighted by Crippen LogP contribution is -2.25. The lowest BCUT2D eigenvalue weighted by atomic mass is 10.2. The second-order valence-electron chi connectivity index (χ2n) is 4.56. The molecule has 1 amide bonds. The maximum atomic E-state index is 11.8. The van der Waals surface area contributed by atoms with Gasteiger partial charge in [0.25, 0.3) is 5.91 Å². The lowest BCUT2D eigenvalue weighted by molar-refractivity contribution is 0.0954. The molecule has 4 nitrogen and oxygen atoms in total. The number of carbonyl (C=O) groups excluding carboxylic acids is 1. The highest BCUT2D eigenvalue weighted by Crippen LogP contribution is 2.17. The van der Waals surface area contributed by atoms with Crippen molar-refractivity contribution in [3.05, 3.63) is 46.2 Å². The van der Waals surface area contributed by atoms with Gasteiger partial charge in [-0.2, -0.15) is 0 Å². The zero-order valence-electron chi connectivity index (χ0n) is 11.1. The molecule has 0 saturated carbocycles. The quantitative estimate of drug-likeness (QED) is 0.912. The molecule has 0 aliphatic heterocycles. The van der Waals surface area contributed by atoms with Crippen LogP contribution < -0.4 is 5.32 Å². The first-order chi connectivity index (χ1) is 9.16. The van der Waals surface area contributed by atoms with Crippen molar-refractivity contribution in [3.63, 3.8) is 0 Å². The van der Waals surface area contributed by atoms with E-state index in [1.54, 1.807) is 35.9 Å². The number of nitrogens with one attached hydrogen (secondary N) is 1. The number of carbonyl (C=O) groups is 1. The summed E-state index contributed by atoms with van der Waals surface area (Å²) in [5.74, 6) is 0.388. The van der Waals surface area contributed by atoms with E-state index in [0.29, 0.717) is 18.0 Å². The minimum absolute atomic E-state index is 0.0666. The molecular weight excluding hydrogens is 258 g/mol. The Morgan fingerprint density at radius 2 is 2.11 bits per heavy atom. The molecule has 0 fully saturated rings. The molecule has 19 heavy (non-hydrogen) atoms. The largest absolute Gasteiger partial charge is 0.352 e. The maximum absolute atomic E-state index is 11.8. The minimum atomic E-state index is -0.0666. The highest BCUT2D eigenvalue weighted by Gasteiger charge is 2.07. The first-order valence-corrected chi connectivity index (χ1v) is 7.17. The molecule has 1 N–H and O–H groups in total. The fraction of sp³-hybridized carbons (Fsp3) is 0.357. The van der Waals surface area contributed by atoms with E-state index in [0.717, 1.165) is 17.1 Å². The van der Waals surface area contributed by atoms with Gasteiger partial charge in [0.15, 0.2) is 0 Å². The SMILES string of the molecule is CC(C)c1csc(CCNC(=O)c2ccncc2)n1. The van der Waals surface area contributed by atoms with Crippen LogP contribution in [0.3, 0.4) is 0 Å². The summed E-state index contributed by atoms with van der Waals surface area (Å²) in [6, 6.07) is 3.41. The van der Waals surface area contributed by atoms with Crippen molar-refractivity contribution in [2.24, 2.45) is 0 Å². The van der Waals surface area contributed by atoms with Gasteiger partial charge in [-0.25, -0.2) is 4.98 Å². The molecule has 0 radical (unpaired) electrons. The third-order valence-corrected chi connectivity index (χ3v) is 3.65. The number of thiazole rings is 1. The van der Waals surface area contributed by atoms with Gasteiger partial charge in [-0.3, -0.25) is 9.78 Å². The van der Waals surface area contributed by atoms with Crippen molar-refractivity contribution in [1.29, 1.82) is 0 Å². The molecule has 2 heterocycles. The van der Waals surface area contributed by atoms with Crippen LogP contribution in [0.15, 0.2) is 29.9 Å². The molecule has 0 bridgehead atoms. The molecule has 0 spiro atoms. The Hall–Kier alpha value is -1.75. The Morgan fingerprint density at radius 3 is 2.74 bits per heavy atom. The second-order valence-corrected chi connectivity index (χ2v) is 5.51. The Morgan fingerprint density at radius 1 is 1.37 bits per heavy atom. The van der Waals surface area contributed by atoms with Crippen LogP contribution >= 0.6 is 11.3 Å². The Kier molecular flexibility index (Phi) is 4.63. The molecule has 0 aliphatic carbocycles. The van der Waals surface area contributed by atoms with E-state index < -0.39 is 0 Å². The zero-order chi connectivity index (χ0) is 13.7. The number of hydrogen-bond donors (Lipinski definition) is 1. The molecule has 0 aliphatic rings. The van der Waals surface area contributed by atoms with E-state index >= 15 is 0 Å². The van der Waals surface area contributed by atoms with E-state index in [4.69, 9.17) is 0 Å². The summed E-state index contributed by atoms with van der Waals surface area (Å²) < 4.78 is 0. The van der Waals surface area contributed by atoms with Gasteiger partial charge >= 0.3 is 0 Å². The van der Waals surface area contributed by atoms with E-state index in [2.05, 4.69) is 34.5 Å². The molecule has 0 unspecified atom stereocenters. The maximum Gasteiger partial charge on any atom is 0.251 e. The van der Waals surface area contributed by atoms with Crippen molar-refractivity contribution in [2.75, 3.05) is 6.54 Å². The Labute approximate surface area is 116 Å². The smallest absolute Gasteiger partial charge is 0.251 e. The highest BCUT2D eigenvalue weighted by molar-refractivity contribution is 7.09. The van der Waals surface area contributed by atoms with Gasteiger partial charge in [0, 0.05) is 36.3 Å². The van der Waals surface area contributed by atoms with E-state index in [9.17, 15) is 4.79 Å². The second kappa shape index (κ2) is 6.43. The van der Waals surface area contributed by atoms with Crippen molar-refractivity contribution < 1.29 is 4.79 Å². The lowest BCUT2D eigenvalue weighted by Gasteiger charge is -2.03. The summed E-state index contributed by atoms with van der Waals surface area (Å²) in [6.45, 7) is 4.86. The molecule has 100 valence electrons. The number of nitrogens with zero attached hydrogens (tertiary/aromatic N) is 2. The van der Waals surface area contributed by atoms with Crippen LogP contribution in [0.25, 0.3) is 0 Å². The van der Waals surface area contributed by atoms with Gasteiger partial charge in [0.1, 0.15) is 0 Å². The predicted octanol–water partition coefficient (Wildman–Crippen LogP) is 2.63. The number of pyridine rings is 1. The van der Waals surface area contributed by atoms with Crippen LogP contribution in [0.1, 0.15) is 40.8 Å². The van der Waals surface area contributed by atoms with Gasteiger partial charge in [0.05, 0.1) is 10.7 Å². The first-order valence-electron chi connectivity index (χ1n) is 6.29. The van der Waals surface area contributed by atoms with Gasteiger partial charge < -0.3 is 5.32 Å². The molecular formula is C14H17N3OS. The molecule has 0 saturated heterocycles. The topological polar surface area (TPSA) is 54.9 Å². The minimum Gasteiger partial charge on any atom is -0.352 e. The average molecular weight is 275 g/mol. The van der Waals surface area contributed by atoms with Crippen LogP contribution in [0, 0.1) is 0 Å². The zero-order valence-corrected chi connectivity index (χ0v) is 11.9. The predicted molar refractivity (Wildman–Crippen MR) is 76.5 cm³/mol. The summed E-state index contributed by atoms with van der Waals surface area (Å²) in [7, 11) is 0. The number of amides is 1. The molecule has 0 atom stereocenters. The number of rotatable bonds is 5. The molecule has 2 aromatic heterocycles. The van der Waals surface area contributed by atoms with Crippen LogP contribution in [-0.2, 0) is 6.42 Å². The molecule has 2 aromatic rings. The molecule has 0 aromatic carbocycles. The third kappa shape index (κ3) is 3.86. The van der Waals surface area contributed by atoms with Gasteiger partial charge in [-0.15, -0.1) is 11.3 Å². The van der Waals surface area contributed by atoms with Crippen molar-refractivity contribution >= 4 is 17.2 Å². The summed E-state index contributed by atoms with van der Waals surface area (Å²) in [6.07, 6.45) is 4.00. The number of aromatic nitrogens is 2. The van der Waals surface area contributed by atoms with E-state index in [1.807, 2.05) is 0 Å². The van der Waals surface area contributed by atoms with Crippen LogP contribution in [0.4, 0.5) is 0 Å². The normalized spacial score (nSPS) is 10.7. The average Bonchev–Trinajstić information content (AvgIpc) is 2.89. The highest BCUT2D eigenvalue weighted by atomic mass is 32.1. The van der Waals surface area contributed by atoms with Gasteiger partial charge in [-0.05, 0) is 18.1 Å². The fourth-order valence-corrected chi connectivity index (χ4v) is 2.55. The molecule has 5 heteroatoms. The van der Waals surface area contributed by atoms with Gasteiger partial charge in [0.2, 0.25) is 0 Å². The first kappa shape index (κ1) is 13.7. The summed E-state index contributed by atoms with van der Waals surface area (Å²) >= 11 is 1.65. The molecule has 2 rings (SSSR count). The van der Waals surface area contributed by atoms with E-state index in [-0.39, 0.29) is 5.91 Å². The van der Waals surface area contributed by atoms with Crippen molar-refractivity contribution in [1.82, 2.24) is 15.3 Å². The fourth-order valence-electron chi connectivity index (χ4n) is 1.59. The van der Waals surface area contributed by atoms with Crippen LogP contribution in [-0.4, -0.2) is 22.4 Å². The van der Waals surface area contributed by atoms with E-state index in [1.165, 1.54) is 0 Å². The Balaban J connectivity index is 1.81. The van der Waals surface area contributed by atoms with Crippen molar-refractivity contribution in [2.45, 2.75) is 26.2 Å². The summed E-state index contributed by atoms with van der Waals surface area (Å²) in [5.41, 5.74) is 1.76. The number of hydrogen-bond acceptors (Lipinski definition) is 4. The van der Waals surface area contributed by atoms with Crippen molar-refractivity contribution in [3.8, 4) is 0 Å². The Bertz CT molecular complexity index is 537. The van der Waals surface area contributed by atoms with Crippen LogP contribution in [0.2, 0.25) is 0 Å². The summed E-state index contributed by atoms with van der Waals surface area (Å²) in [4.78, 5) is 20.2. The van der Waals surface area contributed by atoms with Crippen LogP contribution in [0.5, 0.6) is 0 Å². The third-order valence-electron chi connectivity index (χ3n) is 2.73. The monoisotopic (exact) mass is 275 g/mol. The standard InChI is InChI=1S/C14H17N3OS/c1-10(2)12-9-19-13(17-12)5-8-16-14(18)11-3-6-15-7-4-11/h3-4,6-7,9-10H,5,8H2,1-2H3,(H,16,18).